The van der Waals surface area contributed by atoms with Gasteiger partial charge in [-0.15, -0.1) is 0 Å². The highest BCUT2D eigenvalue weighted by Crippen LogP contribution is 2.05. The highest BCUT2D eigenvalue weighted by Gasteiger charge is 2.20. The standard InChI is InChI=1S/C9H15NO3/c1-2-13-7-9(12)10-5-3-4-8(11)6-10/h2-7H2,1H3. The summed E-state index contributed by atoms with van der Waals surface area (Å²) < 4.78 is 4.98. The number of hydrogen-bond acceptors (Lipinski definition) is 3. The number of carbonyl (C=O) groups is 2. The van der Waals surface area contributed by atoms with Gasteiger partial charge in [-0.3, -0.25) is 9.59 Å². The van der Waals surface area contributed by atoms with Crippen molar-refractivity contribution < 1.29 is 14.3 Å². The summed E-state index contributed by atoms with van der Waals surface area (Å²) in [6, 6.07) is 0. The Balaban J connectivity index is 2.32. The molecule has 0 aromatic heterocycles. The van der Waals surface area contributed by atoms with Crippen LogP contribution in [0.25, 0.3) is 0 Å². The fourth-order valence-electron chi connectivity index (χ4n) is 1.33. The summed E-state index contributed by atoms with van der Waals surface area (Å²) in [5, 5.41) is 0. The zero-order valence-electron chi connectivity index (χ0n) is 7.91. The van der Waals surface area contributed by atoms with E-state index >= 15 is 0 Å². The number of rotatable bonds is 3. The lowest BCUT2D eigenvalue weighted by molar-refractivity contribution is -0.141. The summed E-state index contributed by atoms with van der Waals surface area (Å²) in [5.74, 6) is 0.0750. The van der Waals surface area contributed by atoms with Crippen LogP contribution in [0.15, 0.2) is 0 Å². The van der Waals surface area contributed by atoms with Gasteiger partial charge in [0.25, 0.3) is 0 Å². The topological polar surface area (TPSA) is 46.6 Å². The largest absolute Gasteiger partial charge is 0.372 e. The molecule has 0 saturated carbocycles. The summed E-state index contributed by atoms with van der Waals surface area (Å²) in [7, 11) is 0. The Morgan fingerprint density at radius 2 is 2.38 bits per heavy atom. The third-order valence-corrected chi connectivity index (χ3v) is 2.03. The quantitative estimate of drug-likeness (QED) is 0.631. The van der Waals surface area contributed by atoms with Crippen molar-refractivity contribution in [1.29, 1.82) is 0 Å². The van der Waals surface area contributed by atoms with Crippen molar-refractivity contribution in [2.45, 2.75) is 19.8 Å². The first-order valence-electron chi connectivity index (χ1n) is 4.61. The van der Waals surface area contributed by atoms with Gasteiger partial charge in [-0.25, -0.2) is 0 Å². The number of ketones is 1. The average Bonchev–Trinajstić information content (AvgIpc) is 2.14. The summed E-state index contributed by atoms with van der Waals surface area (Å²) in [5.41, 5.74) is 0. The van der Waals surface area contributed by atoms with E-state index in [0.717, 1.165) is 6.42 Å². The van der Waals surface area contributed by atoms with E-state index in [1.165, 1.54) is 0 Å². The van der Waals surface area contributed by atoms with E-state index < -0.39 is 0 Å². The maximum atomic E-state index is 11.4. The number of ether oxygens (including phenoxy) is 1. The lowest BCUT2D eigenvalue weighted by atomic mass is 10.1. The molecule has 1 amide bonds. The van der Waals surface area contributed by atoms with E-state index in [2.05, 4.69) is 0 Å². The minimum absolute atomic E-state index is 0.0742. The summed E-state index contributed by atoms with van der Waals surface area (Å²) in [6.45, 7) is 3.44. The van der Waals surface area contributed by atoms with Gasteiger partial charge in [-0.2, -0.15) is 0 Å². The van der Waals surface area contributed by atoms with E-state index in [0.29, 0.717) is 19.6 Å². The van der Waals surface area contributed by atoms with E-state index in [4.69, 9.17) is 4.74 Å². The van der Waals surface area contributed by atoms with Crippen LogP contribution in [0.2, 0.25) is 0 Å². The van der Waals surface area contributed by atoms with Crippen molar-refractivity contribution in [2.24, 2.45) is 0 Å². The predicted molar refractivity (Wildman–Crippen MR) is 47.3 cm³/mol. The Hall–Kier alpha value is -0.900. The average molecular weight is 185 g/mol. The first kappa shape index (κ1) is 10.2. The molecular formula is C9H15NO3. The molecule has 0 bridgehead atoms. The molecule has 0 radical (unpaired) electrons. The number of likely N-dealkylation sites (tertiary alicyclic amines) is 1. The van der Waals surface area contributed by atoms with Crippen LogP contribution in [0.1, 0.15) is 19.8 Å². The Morgan fingerprint density at radius 1 is 1.62 bits per heavy atom. The number of Topliss-reactive ketones (excluding diaryl/α,β-unsaturated/α-hetero) is 1. The lowest BCUT2D eigenvalue weighted by Gasteiger charge is -2.25. The fourth-order valence-corrected chi connectivity index (χ4v) is 1.33. The van der Waals surface area contributed by atoms with Gasteiger partial charge in [-0.1, -0.05) is 0 Å². The molecule has 13 heavy (non-hydrogen) atoms. The minimum Gasteiger partial charge on any atom is -0.372 e. The molecule has 0 atom stereocenters. The van der Waals surface area contributed by atoms with Crippen molar-refractivity contribution in [3.05, 3.63) is 0 Å². The number of carbonyl (C=O) groups excluding carboxylic acids is 2. The zero-order chi connectivity index (χ0) is 9.68. The molecule has 1 fully saturated rings. The van der Waals surface area contributed by atoms with Crippen LogP contribution in [0.4, 0.5) is 0 Å². The molecule has 0 unspecified atom stereocenters. The second kappa shape index (κ2) is 4.97. The Bertz CT molecular complexity index is 203. The van der Waals surface area contributed by atoms with Crippen LogP contribution < -0.4 is 0 Å². The smallest absolute Gasteiger partial charge is 0.248 e. The molecule has 74 valence electrons. The monoisotopic (exact) mass is 185 g/mol. The summed E-state index contributed by atoms with van der Waals surface area (Å²) in [6.07, 6.45) is 1.40. The fraction of sp³-hybridized carbons (Fsp3) is 0.778. The summed E-state index contributed by atoms with van der Waals surface area (Å²) in [4.78, 5) is 23.9. The minimum atomic E-state index is -0.0742. The van der Waals surface area contributed by atoms with Crippen LogP contribution in [0, 0.1) is 0 Å². The Morgan fingerprint density at radius 3 is 3.00 bits per heavy atom. The van der Waals surface area contributed by atoms with Gasteiger partial charge in [0.2, 0.25) is 5.91 Å². The Kier molecular flexibility index (Phi) is 3.89. The molecule has 0 aromatic carbocycles. The molecular weight excluding hydrogens is 170 g/mol. The summed E-state index contributed by atoms with van der Waals surface area (Å²) >= 11 is 0. The van der Waals surface area contributed by atoms with Gasteiger partial charge >= 0.3 is 0 Å². The second-order valence-corrected chi connectivity index (χ2v) is 3.09. The van der Waals surface area contributed by atoms with Gasteiger partial charge in [0.1, 0.15) is 6.61 Å². The van der Waals surface area contributed by atoms with Crippen LogP contribution in [0.5, 0.6) is 0 Å². The Labute approximate surface area is 77.8 Å². The van der Waals surface area contributed by atoms with Crippen molar-refractivity contribution in [3.63, 3.8) is 0 Å². The number of hydrogen-bond donors (Lipinski definition) is 0. The van der Waals surface area contributed by atoms with E-state index in [9.17, 15) is 9.59 Å². The molecule has 1 aliphatic heterocycles. The van der Waals surface area contributed by atoms with Gasteiger partial charge in [0, 0.05) is 19.6 Å². The molecule has 0 aliphatic carbocycles. The molecule has 1 aliphatic rings. The molecule has 0 N–H and O–H groups in total. The van der Waals surface area contributed by atoms with Crippen molar-refractivity contribution in [1.82, 2.24) is 4.90 Å². The lowest BCUT2D eigenvalue weighted by Crippen LogP contribution is -2.41. The van der Waals surface area contributed by atoms with Crippen LogP contribution in [-0.2, 0) is 14.3 Å². The number of amides is 1. The normalized spacial score (nSPS) is 17.6. The zero-order valence-corrected chi connectivity index (χ0v) is 7.91. The third-order valence-electron chi connectivity index (χ3n) is 2.03. The van der Waals surface area contributed by atoms with Gasteiger partial charge in [-0.05, 0) is 13.3 Å². The molecule has 4 nitrogen and oxygen atoms in total. The van der Waals surface area contributed by atoms with E-state index in [1.807, 2.05) is 6.92 Å². The van der Waals surface area contributed by atoms with Gasteiger partial charge < -0.3 is 9.64 Å². The molecule has 4 heteroatoms. The van der Waals surface area contributed by atoms with Gasteiger partial charge in [0.05, 0.1) is 6.54 Å². The van der Waals surface area contributed by atoms with Crippen molar-refractivity contribution >= 4 is 11.7 Å². The second-order valence-electron chi connectivity index (χ2n) is 3.09. The first-order valence-corrected chi connectivity index (χ1v) is 4.61. The molecule has 1 rings (SSSR count). The number of piperidine rings is 1. The molecule has 0 spiro atoms. The highest BCUT2D eigenvalue weighted by molar-refractivity contribution is 5.87. The number of nitrogens with zero attached hydrogens (tertiary/aromatic N) is 1. The SMILES string of the molecule is CCOCC(=O)N1CCCC(=O)C1. The maximum Gasteiger partial charge on any atom is 0.248 e. The van der Waals surface area contributed by atoms with E-state index in [-0.39, 0.29) is 24.8 Å². The first-order chi connectivity index (χ1) is 6.24. The van der Waals surface area contributed by atoms with Crippen LogP contribution >= 0.6 is 0 Å². The van der Waals surface area contributed by atoms with Gasteiger partial charge in [0.15, 0.2) is 5.78 Å². The third kappa shape index (κ3) is 3.14. The molecule has 1 saturated heterocycles. The van der Waals surface area contributed by atoms with Crippen LogP contribution in [-0.4, -0.2) is 42.9 Å². The maximum absolute atomic E-state index is 11.4. The van der Waals surface area contributed by atoms with Crippen molar-refractivity contribution in [2.75, 3.05) is 26.3 Å². The van der Waals surface area contributed by atoms with Crippen LogP contribution in [0.3, 0.4) is 0 Å². The highest BCUT2D eigenvalue weighted by atomic mass is 16.5. The van der Waals surface area contributed by atoms with E-state index in [1.54, 1.807) is 4.90 Å². The molecule has 0 aromatic rings. The molecule has 1 heterocycles. The van der Waals surface area contributed by atoms with Crippen molar-refractivity contribution in [3.8, 4) is 0 Å². The predicted octanol–water partition coefficient (Wildman–Crippen LogP) is 0.214.